The lowest BCUT2D eigenvalue weighted by molar-refractivity contribution is 0.602. The second kappa shape index (κ2) is 7.04. The molecule has 1 atom stereocenters. The van der Waals surface area contributed by atoms with E-state index in [1.165, 1.54) is 6.26 Å². The van der Waals surface area contributed by atoms with Crippen molar-refractivity contribution < 1.29 is 8.42 Å². The van der Waals surface area contributed by atoms with E-state index in [9.17, 15) is 8.42 Å². The number of hydrogen-bond donors (Lipinski definition) is 1. The summed E-state index contributed by atoms with van der Waals surface area (Å²) < 4.78 is 23.3. The first-order chi connectivity index (χ1) is 8.45. The summed E-state index contributed by atoms with van der Waals surface area (Å²) in [4.78, 5) is 0.375. The molecule has 0 spiro atoms. The summed E-state index contributed by atoms with van der Waals surface area (Å²) in [6, 6.07) is 7.33. The number of hydrogen-bond acceptors (Lipinski definition) is 4. The Morgan fingerprint density at radius 3 is 2.61 bits per heavy atom. The average molecular weight is 287 g/mol. The van der Waals surface area contributed by atoms with E-state index in [4.69, 9.17) is 0 Å². The van der Waals surface area contributed by atoms with Crippen LogP contribution in [0.1, 0.15) is 20.3 Å². The highest BCUT2D eigenvalue weighted by Gasteiger charge is 2.13. The third-order valence-corrected chi connectivity index (χ3v) is 4.68. The first kappa shape index (κ1) is 15.4. The lowest BCUT2D eigenvalue weighted by Crippen LogP contribution is -2.17. The molecule has 0 heterocycles. The van der Waals surface area contributed by atoms with Crippen LogP contribution in [0.5, 0.6) is 0 Å². The zero-order valence-electron chi connectivity index (χ0n) is 11.1. The Balaban J connectivity index is 2.73. The molecule has 0 saturated carbocycles. The van der Waals surface area contributed by atoms with Gasteiger partial charge in [-0.3, -0.25) is 0 Å². The molecule has 0 aromatic heterocycles. The average Bonchev–Trinajstić information content (AvgIpc) is 2.28. The third-order valence-electron chi connectivity index (χ3n) is 2.59. The van der Waals surface area contributed by atoms with Gasteiger partial charge in [-0.05, 0) is 37.0 Å². The molecular weight excluding hydrogens is 266 g/mol. The minimum Gasteiger partial charge on any atom is -0.382 e. The highest BCUT2D eigenvalue weighted by atomic mass is 32.2. The summed E-state index contributed by atoms with van der Waals surface area (Å²) >= 11 is 1.90. The zero-order chi connectivity index (χ0) is 13.6. The van der Waals surface area contributed by atoms with Crippen LogP contribution in [0.2, 0.25) is 0 Å². The molecule has 0 aliphatic heterocycles. The van der Waals surface area contributed by atoms with Gasteiger partial charge in [-0.1, -0.05) is 19.1 Å². The van der Waals surface area contributed by atoms with Gasteiger partial charge >= 0.3 is 0 Å². The number of rotatable bonds is 7. The van der Waals surface area contributed by atoms with Crippen molar-refractivity contribution in [3.05, 3.63) is 24.3 Å². The van der Waals surface area contributed by atoms with Crippen molar-refractivity contribution in [2.45, 2.75) is 31.2 Å². The largest absolute Gasteiger partial charge is 0.382 e. The van der Waals surface area contributed by atoms with Crippen LogP contribution in [0, 0.1) is 0 Å². The highest BCUT2D eigenvalue weighted by molar-refractivity contribution is 7.99. The Kier molecular flexibility index (Phi) is 6.02. The lowest BCUT2D eigenvalue weighted by atomic mass is 10.2. The molecule has 1 aromatic carbocycles. The molecule has 5 heteroatoms. The summed E-state index contributed by atoms with van der Waals surface area (Å²) in [7, 11) is -3.17. The minimum absolute atomic E-state index is 0.270. The van der Waals surface area contributed by atoms with Crippen LogP contribution in [0.15, 0.2) is 29.2 Å². The van der Waals surface area contributed by atoms with Crippen molar-refractivity contribution in [1.82, 2.24) is 0 Å². The van der Waals surface area contributed by atoms with Gasteiger partial charge in [0.1, 0.15) is 0 Å². The van der Waals surface area contributed by atoms with E-state index in [0.29, 0.717) is 10.6 Å². The second-order valence-electron chi connectivity index (χ2n) is 4.30. The molecule has 0 amide bonds. The van der Waals surface area contributed by atoms with E-state index in [-0.39, 0.29) is 6.04 Å². The summed E-state index contributed by atoms with van der Waals surface area (Å²) in [5.41, 5.74) is 0.703. The Morgan fingerprint density at radius 2 is 2.00 bits per heavy atom. The van der Waals surface area contributed by atoms with Crippen LogP contribution in [0.4, 0.5) is 5.69 Å². The molecule has 1 N–H and O–H groups in total. The summed E-state index contributed by atoms with van der Waals surface area (Å²) in [5.74, 6) is 2.21. The fourth-order valence-corrected chi connectivity index (χ4v) is 3.31. The number of nitrogens with one attached hydrogen (secondary N) is 1. The van der Waals surface area contributed by atoms with Crippen molar-refractivity contribution in [3.63, 3.8) is 0 Å². The normalized spacial score (nSPS) is 13.3. The Bertz CT molecular complexity index is 472. The minimum atomic E-state index is -3.17. The van der Waals surface area contributed by atoms with E-state index < -0.39 is 9.84 Å². The van der Waals surface area contributed by atoms with Crippen molar-refractivity contribution in [3.8, 4) is 0 Å². The quantitative estimate of drug-likeness (QED) is 0.783. The fraction of sp³-hybridized carbons (Fsp3) is 0.538. The molecular formula is C13H21NO2S2. The van der Waals surface area contributed by atoms with Crippen LogP contribution in [-0.2, 0) is 9.84 Å². The van der Waals surface area contributed by atoms with E-state index >= 15 is 0 Å². The van der Waals surface area contributed by atoms with E-state index in [2.05, 4.69) is 19.2 Å². The van der Waals surface area contributed by atoms with Gasteiger partial charge in [-0.2, -0.15) is 11.8 Å². The van der Waals surface area contributed by atoms with Gasteiger partial charge in [0.25, 0.3) is 0 Å². The van der Waals surface area contributed by atoms with Gasteiger partial charge in [-0.15, -0.1) is 0 Å². The molecule has 0 aliphatic carbocycles. The van der Waals surface area contributed by atoms with Crippen LogP contribution >= 0.6 is 11.8 Å². The van der Waals surface area contributed by atoms with Crippen LogP contribution in [0.3, 0.4) is 0 Å². The number of sulfone groups is 1. The van der Waals surface area contributed by atoms with E-state index in [1.54, 1.807) is 12.1 Å². The molecule has 18 heavy (non-hydrogen) atoms. The van der Waals surface area contributed by atoms with Crippen molar-refractivity contribution in [2.75, 3.05) is 23.1 Å². The maximum absolute atomic E-state index is 11.7. The predicted octanol–water partition coefficient (Wildman–Crippen LogP) is 3.03. The Hall–Kier alpha value is -0.680. The maximum Gasteiger partial charge on any atom is 0.177 e. The van der Waals surface area contributed by atoms with Gasteiger partial charge in [0.15, 0.2) is 9.84 Å². The third kappa shape index (κ3) is 4.90. The van der Waals surface area contributed by atoms with Crippen molar-refractivity contribution in [2.24, 2.45) is 0 Å². The number of thioether (sulfide) groups is 1. The molecule has 0 radical (unpaired) electrons. The Labute approximate surface area is 114 Å². The number of para-hydroxylation sites is 1. The SMILES string of the molecule is CCSCCC(C)Nc1ccccc1S(C)(=O)=O. The smallest absolute Gasteiger partial charge is 0.177 e. The number of anilines is 1. The van der Waals surface area contributed by atoms with Crippen LogP contribution < -0.4 is 5.32 Å². The molecule has 1 unspecified atom stereocenters. The van der Waals surface area contributed by atoms with Crippen molar-refractivity contribution in [1.29, 1.82) is 0 Å². The molecule has 1 aromatic rings. The summed E-state index contributed by atoms with van der Waals surface area (Å²) in [6.07, 6.45) is 2.27. The van der Waals surface area contributed by atoms with Crippen molar-refractivity contribution >= 4 is 27.3 Å². The topological polar surface area (TPSA) is 46.2 Å². The van der Waals surface area contributed by atoms with Gasteiger partial charge in [-0.25, -0.2) is 8.42 Å². The van der Waals surface area contributed by atoms with Gasteiger partial charge in [0, 0.05) is 12.3 Å². The van der Waals surface area contributed by atoms with Gasteiger partial charge < -0.3 is 5.32 Å². The van der Waals surface area contributed by atoms with Gasteiger partial charge in [0.2, 0.25) is 0 Å². The summed E-state index contributed by atoms with van der Waals surface area (Å²) in [6.45, 7) is 4.22. The lowest BCUT2D eigenvalue weighted by Gasteiger charge is -2.17. The molecule has 3 nitrogen and oxygen atoms in total. The molecule has 1 rings (SSSR count). The van der Waals surface area contributed by atoms with Gasteiger partial charge in [0.05, 0.1) is 10.6 Å². The standard InChI is InChI=1S/C13H21NO2S2/c1-4-17-10-9-11(2)14-12-7-5-6-8-13(12)18(3,15)16/h5-8,11,14H,4,9-10H2,1-3H3. The van der Waals surface area contributed by atoms with E-state index in [1.807, 2.05) is 23.9 Å². The van der Waals surface area contributed by atoms with E-state index in [0.717, 1.165) is 17.9 Å². The molecule has 0 saturated heterocycles. The molecule has 0 aliphatic rings. The fourth-order valence-electron chi connectivity index (χ4n) is 1.65. The molecule has 0 fully saturated rings. The second-order valence-corrected chi connectivity index (χ2v) is 7.68. The highest BCUT2D eigenvalue weighted by Crippen LogP contribution is 2.22. The summed E-state index contributed by atoms with van der Waals surface area (Å²) in [5, 5.41) is 3.28. The number of benzene rings is 1. The molecule has 0 bridgehead atoms. The first-order valence-corrected chi connectivity index (χ1v) is 9.13. The Morgan fingerprint density at radius 1 is 1.33 bits per heavy atom. The van der Waals surface area contributed by atoms with Crippen LogP contribution in [-0.4, -0.2) is 32.2 Å². The molecule has 102 valence electrons. The first-order valence-electron chi connectivity index (χ1n) is 6.08. The maximum atomic E-state index is 11.7. The van der Waals surface area contributed by atoms with Crippen LogP contribution in [0.25, 0.3) is 0 Å². The monoisotopic (exact) mass is 287 g/mol. The zero-order valence-corrected chi connectivity index (χ0v) is 12.8. The predicted molar refractivity (Wildman–Crippen MR) is 80.3 cm³/mol.